The van der Waals surface area contributed by atoms with Gasteiger partial charge in [-0.05, 0) is 0 Å². The van der Waals surface area contributed by atoms with Gasteiger partial charge in [0.2, 0.25) is 6.10 Å². The summed E-state index contributed by atoms with van der Waals surface area (Å²) in [4.78, 5) is 21.9. The molecule has 2 heterocycles. The zero-order chi connectivity index (χ0) is 11.2. The van der Waals surface area contributed by atoms with Crippen LogP contribution < -0.4 is 0 Å². The zero-order valence-electron chi connectivity index (χ0n) is 7.82. The van der Waals surface area contributed by atoms with E-state index >= 15 is 0 Å². The number of ether oxygens (including phenoxy) is 3. The third kappa shape index (κ3) is 1.58. The van der Waals surface area contributed by atoms with E-state index in [-0.39, 0.29) is 0 Å². The van der Waals surface area contributed by atoms with Gasteiger partial charge in [-0.25, -0.2) is 4.79 Å². The van der Waals surface area contributed by atoms with Gasteiger partial charge in [-0.15, -0.1) is 0 Å². The molecule has 2 fully saturated rings. The lowest BCUT2D eigenvalue weighted by Gasteiger charge is -2.13. The highest BCUT2D eigenvalue weighted by Crippen LogP contribution is 2.32. The van der Waals surface area contributed by atoms with Crippen LogP contribution in [0.1, 0.15) is 6.92 Å². The molecule has 0 saturated carbocycles. The van der Waals surface area contributed by atoms with E-state index in [1.54, 1.807) is 0 Å². The molecule has 7 heteroatoms. The van der Waals surface area contributed by atoms with E-state index in [0.717, 1.165) is 6.92 Å². The Hall–Kier alpha value is -1.18. The highest BCUT2D eigenvalue weighted by atomic mass is 16.7. The summed E-state index contributed by atoms with van der Waals surface area (Å²) < 4.78 is 14.3. The van der Waals surface area contributed by atoms with Crippen molar-refractivity contribution in [2.45, 2.75) is 37.6 Å². The van der Waals surface area contributed by atoms with E-state index in [1.807, 2.05) is 0 Å². The molecule has 5 atom stereocenters. The van der Waals surface area contributed by atoms with Gasteiger partial charge in [0, 0.05) is 6.92 Å². The summed E-state index contributed by atoms with van der Waals surface area (Å²) in [6, 6.07) is 0. The van der Waals surface area contributed by atoms with E-state index in [2.05, 4.69) is 4.74 Å². The Balaban J connectivity index is 2.13. The fraction of sp³-hybridized carbons (Fsp3) is 0.750. The Kier molecular flexibility index (Phi) is 2.37. The number of carbonyl (C=O) groups excluding carboxylic acids is 2. The summed E-state index contributed by atoms with van der Waals surface area (Å²) in [5.74, 6) is -1.43. The standard InChI is InChI=1S/C8H10O7/c1-2(9)13-6-5-4(14-8(6)12)3(10)7(11)15-5/h3-7,10-11H,1H3. The van der Waals surface area contributed by atoms with Crippen molar-refractivity contribution >= 4 is 11.9 Å². The van der Waals surface area contributed by atoms with Crippen LogP contribution >= 0.6 is 0 Å². The van der Waals surface area contributed by atoms with Gasteiger partial charge in [-0.3, -0.25) is 4.79 Å². The highest BCUT2D eigenvalue weighted by molar-refractivity contribution is 5.81. The second kappa shape index (κ2) is 3.44. The van der Waals surface area contributed by atoms with Crippen LogP contribution in [0.25, 0.3) is 0 Å². The number of aliphatic hydroxyl groups excluding tert-OH is 2. The summed E-state index contributed by atoms with van der Waals surface area (Å²) in [5.41, 5.74) is 0. The first-order valence-corrected chi connectivity index (χ1v) is 4.40. The van der Waals surface area contributed by atoms with E-state index in [1.165, 1.54) is 0 Å². The van der Waals surface area contributed by atoms with Crippen LogP contribution in [-0.2, 0) is 23.8 Å². The summed E-state index contributed by atoms with van der Waals surface area (Å²) in [5, 5.41) is 18.5. The first-order chi connectivity index (χ1) is 7.00. The molecule has 84 valence electrons. The minimum atomic E-state index is -1.42. The maximum absolute atomic E-state index is 11.2. The summed E-state index contributed by atoms with van der Waals surface area (Å²) in [6.45, 7) is 1.14. The van der Waals surface area contributed by atoms with Crippen molar-refractivity contribution < 1.29 is 34.0 Å². The molecular formula is C8H10O7. The van der Waals surface area contributed by atoms with Crippen LogP contribution in [0.3, 0.4) is 0 Å². The summed E-state index contributed by atoms with van der Waals surface area (Å²) >= 11 is 0. The third-order valence-electron chi connectivity index (χ3n) is 2.32. The van der Waals surface area contributed by atoms with Gasteiger partial charge in [0.25, 0.3) is 0 Å². The van der Waals surface area contributed by atoms with Crippen LogP contribution in [0.5, 0.6) is 0 Å². The highest BCUT2D eigenvalue weighted by Gasteiger charge is 2.58. The molecule has 0 radical (unpaired) electrons. The fourth-order valence-electron chi connectivity index (χ4n) is 1.69. The molecule has 0 aromatic heterocycles. The zero-order valence-corrected chi connectivity index (χ0v) is 7.82. The average Bonchev–Trinajstić information content (AvgIpc) is 2.56. The quantitative estimate of drug-likeness (QED) is 0.487. The monoisotopic (exact) mass is 218 g/mol. The van der Waals surface area contributed by atoms with Gasteiger partial charge < -0.3 is 24.4 Å². The molecule has 0 spiro atoms. The number of carbonyl (C=O) groups is 2. The number of fused-ring (bicyclic) bond motifs is 1. The lowest BCUT2D eigenvalue weighted by atomic mass is 10.1. The van der Waals surface area contributed by atoms with Gasteiger partial charge >= 0.3 is 11.9 Å². The lowest BCUT2D eigenvalue weighted by Crippen LogP contribution is -2.34. The minimum Gasteiger partial charge on any atom is -0.454 e. The van der Waals surface area contributed by atoms with Crippen molar-refractivity contribution in [3.8, 4) is 0 Å². The van der Waals surface area contributed by atoms with E-state index in [0.29, 0.717) is 0 Å². The molecule has 2 rings (SSSR count). The molecule has 0 amide bonds. The van der Waals surface area contributed by atoms with Crippen molar-refractivity contribution in [2.24, 2.45) is 0 Å². The van der Waals surface area contributed by atoms with Crippen molar-refractivity contribution in [1.82, 2.24) is 0 Å². The topological polar surface area (TPSA) is 102 Å². The van der Waals surface area contributed by atoms with Crippen LogP contribution in [0.15, 0.2) is 0 Å². The van der Waals surface area contributed by atoms with Gasteiger partial charge in [-0.1, -0.05) is 0 Å². The van der Waals surface area contributed by atoms with Gasteiger partial charge in [0.15, 0.2) is 12.4 Å². The molecule has 0 bridgehead atoms. The Bertz CT molecular complexity index is 301. The number of hydrogen-bond donors (Lipinski definition) is 2. The normalized spacial score (nSPS) is 43.7. The van der Waals surface area contributed by atoms with E-state index < -0.39 is 42.6 Å². The van der Waals surface area contributed by atoms with E-state index in [4.69, 9.17) is 14.6 Å². The van der Waals surface area contributed by atoms with Crippen LogP contribution in [-0.4, -0.2) is 52.9 Å². The predicted molar refractivity (Wildman–Crippen MR) is 42.3 cm³/mol. The maximum atomic E-state index is 11.2. The molecule has 0 aromatic carbocycles. The number of hydrogen-bond acceptors (Lipinski definition) is 7. The number of rotatable bonds is 1. The largest absolute Gasteiger partial charge is 0.454 e. The van der Waals surface area contributed by atoms with E-state index in [9.17, 15) is 14.7 Å². The van der Waals surface area contributed by atoms with Crippen molar-refractivity contribution in [2.75, 3.05) is 0 Å². The first kappa shape index (κ1) is 10.3. The van der Waals surface area contributed by atoms with Gasteiger partial charge in [-0.2, -0.15) is 0 Å². The van der Waals surface area contributed by atoms with Crippen molar-refractivity contribution in [3.63, 3.8) is 0 Å². The molecule has 7 nitrogen and oxygen atoms in total. The fourth-order valence-corrected chi connectivity index (χ4v) is 1.69. The molecular weight excluding hydrogens is 208 g/mol. The lowest BCUT2D eigenvalue weighted by molar-refractivity contribution is -0.179. The molecule has 0 aliphatic carbocycles. The van der Waals surface area contributed by atoms with Crippen molar-refractivity contribution in [1.29, 1.82) is 0 Å². The predicted octanol–water partition coefficient (Wildman–Crippen LogP) is -2.08. The maximum Gasteiger partial charge on any atom is 0.350 e. The minimum absolute atomic E-state index is 0.655. The van der Waals surface area contributed by atoms with Crippen molar-refractivity contribution in [3.05, 3.63) is 0 Å². The molecule has 2 aliphatic heterocycles. The average molecular weight is 218 g/mol. The first-order valence-electron chi connectivity index (χ1n) is 4.40. The molecule has 2 N–H and O–H groups in total. The molecule has 2 saturated heterocycles. The van der Waals surface area contributed by atoms with Gasteiger partial charge in [0.05, 0.1) is 0 Å². The second-order valence-corrected chi connectivity index (χ2v) is 3.41. The van der Waals surface area contributed by atoms with Crippen LogP contribution in [0, 0.1) is 0 Å². The summed E-state index contributed by atoms with van der Waals surface area (Å²) in [6.07, 6.45) is -5.85. The number of esters is 2. The SMILES string of the molecule is CC(=O)OC1C(=O)OC2C(O)C(O)OC12. The van der Waals surface area contributed by atoms with Crippen LogP contribution in [0.4, 0.5) is 0 Å². The van der Waals surface area contributed by atoms with Gasteiger partial charge in [0.1, 0.15) is 12.2 Å². The Labute approximate surface area is 84.5 Å². The van der Waals surface area contributed by atoms with Crippen LogP contribution in [0.2, 0.25) is 0 Å². The molecule has 2 aliphatic rings. The Morgan fingerprint density at radius 2 is 2.07 bits per heavy atom. The molecule has 5 unspecified atom stereocenters. The second-order valence-electron chi connectivity index (χ2n) is 3.41. The summed E-state index contributed by atoms with van der Waals surface area (Å²) in [7, 11) is 0. The molecule has 15 heavy (non-hydrogen) atoms. The Morgan fingerprint density at radius 3 is 2.67 bits per heavy atom. The third-order valence-corrected chi connectivity index (χ3v) is 2.32. The smallest absolute Gasteiger partial charge is 0.350 e. The number of aliphatic hydroxyl groups is 2. The Morgan fingerprint density at radius 1 is 1.40 bits per heavy atom. The molecule has 0 aromatic rings.